The zero-order valence-electron chi connectivity index (χ0n) is 8.40. The molecule has 1 amide bonds. The van der Waals surface area contributed by atoms with Crippen LogP contribution in [-0.2, 0) is 4.79 Å². The molecule has 0 N–H and O–H groups in total. The molecule has 1 fully saturated rings. The van der Waals surface area contributed by atoms with Gasteiger partial charge in [-0.05, 0) is 53.3 Å². The van der Waals surface area contributed by atoms with Crippen molar-refractivity contribution in [3.8, 4) is 0 Å². The van der Waals surface area contributed by atoms with Gasteiger partial charge in [-0.15, -0.1) is 0 Å². The highest BCUT2D eigenvalue weighted by atomic mass is 127. The fourth-order valence-electron chi connectivity index (χ4n) is 1.84. The average molecular weight is 333 g/mol. The zero-order valence-corrected chi connectivity index (χ0v) is 11.5. The van der Waals surface area contributed by atoms with Gasteiger partial charge >= 0.3 is 0 Å². The lowest BCUT2D eigenvalue weighted by Gasteiger charge is -2.18. The molecule has 2 nitrogen and oxygen atoms in total. The van der Waals surface area contributed by atoms with Crippen LogP contribution < -0.4 is 4.90 Å². The Bertz CT molecular complexity index is 408. The molecule has 1 unspecified atom stereocenters. The standard InChI is InChI=1S/C11H12INOS/c1-7-4-8(12)2-3-10(7)13-6-9(15)5-11(13)14/h2-4,9,15H,5-6H2,1H3. The summed E-state index contributed by atoms with van der Waals surface area (Å²) in [5, 5.41) is 0.177. The third-order valence-electron chi connectivity index (χ3n) is 2.55. The lowest BCUT2D eigenvalue weighted by molar-refractivity contribution is -0.117. The first-order chi connectivity index (χ1) is 7.08. The molecule has 0 spiro atoms. The van der Waals surface area contributed by atoms with Crippen molar-refractivity contribution in [3.05, 3.63) is 27.3 Å². The van der Waals surface area contributed by atoms with Crippen LogP contribution >= 0.6 is 35.2 Å². The smallest absolute Gasteiger partial charge is 0.228 e. The molecule has 4 heteroatoms. The van der Waals surface area contributed by atoms with Crippen LogP contribution in [0.1, 0.15) is 12.0 Å². The average Bonchev–Trinajstić information content (AvgIpc) is 2.45. The number of carbonyl (C=O) groups excluding carboxylic acids is 1. The topological polar surface area (TPSA) is 20.3 Å². The zero-order chi connectivity index (χ0) is 11.0. The summed E-state index contributed by atoms with van der Waals surface area (Å²) in [6.45, 7) is 2.76. The van der Waals surface area contributed by atoms with Gasteiger partial charge in [0.25, 0.3) is 0 Å². The van der Waals surface area contributed by atoms with Crippen molar-refractivity contribution in [1.82, 2.24) is 0 Å². The lowest BCUT2D eigenvalue weighted by atomic mass is 10.2. The summed E-state index contributed by atoms with van der Waals surface area (Å²) >= 11 is 6.63. The number of hydrogen-bond donors (Lipinski definition) is 1. The van der Waals surface area contributed by atoms with Crippen LogP contribution in [0.25, 0.3) is 0 Å². The number of thiol groups is 1. The Labute approximate surface area is 109 Å². The molecule has 1 atom stereocenters. The first kappa shape index (κ1) is 11.3. The molecule has 0 aromatic heterocycles. The van der Waals surface area contributed by atoms with E-state index >= 15 is 0 Å². The summed E-state index contributed by atoms with van der Waals surface area (Å²) in [6.07, 6.45) is 0.550. The normalized spacial score (nSPS) is 21.1. The minimum atomic E-state index is 0.177. The van der Waals surface area contributed by atoms with Crippen molar-refractivity contribution < 1.29 is 4.79 Å². The van der Waals surface area contributed by atoms with Crippen LogP contribution in [-0.4, -0.2) is 17.7 Å². The maximum Gasteiger partial charge on any atom is 0.228 e. The molecule has 0 radical (unpaired) electrons. The molecule has 1 aliphatic heterocycles. The third kappa shape index (κ3) is 2.30. The predicted molar refractivity (Wildman–Crippen MR) is 73.6 cm³/mol. The second kappa shape index (κ2) is 4.33. The summed E-state index contributed by atoms with van der Waals surface area (Å²) < 4.78 is 1.20. The number of rotatable bonds is 1. The summed E-state index contributed by atoms with van der Waals surface area (Å²) in [7, 11) is 0. The molecule has 1 aromatic rings. The molecule has 0 saturated carbocycles. The van der Waals surface area contributed by atoms with Crippen LogP contribution in [0.5, 0.6) is 0 Å². The second-order valence-electron chi connectivity index (χ2n) is 3.79. The number of aryl methyl sites for hydroxylation is 1. The van der Waals surface area contributed by atoms with E-state index in [1.807, 2.05) is 24.0 Å². The second-order valence-corrected chi connectivity index (χ2v) is 5.77. The minimum absolute atomic E-state index is 0.177. The maximum absolute atomic E-state index is 11.7. The van der Waals surface area contributed by atoms with Crippen LogP contribution in [0.4, 0.5) is 5.69 Å². The van der Waals surface area contributed by atoms with Crippen LogP contribution in [0.15, 0.2) is 18.2 Å². The molecule has 1 saturated heterocycles. The highest BCUT2D eigenvalue weighted by Gasteiger charge is 2.28. The van der Waals surface area contributed by atoms with Gasteiger partial charge < -0.3 is 4.90 Å². The minimum Gasteiger partial charge on any atom is -0.311 e. The number of amides is 1. The highest BCUT2D eigenvalue weighted by molar-refractivity contribution is 14.1. The van der Waals surface area contributed by atoms with Gasteiger partial charge in [-0.2, -0.15) is 12.6 Å². The van der Waals surface area contributed by atoms with E-state index in [0.29, 0.717) is 6.42 Å². The number of halogens is 1. The van der Waals surface area contributed by atoms with Gasteiger partial charge in [0.1, 0.15) is 0 Å². The van der Waals surface area contributed by atoms with Crippen molar-refractivity contribution in [2.45, 2.75) is 18.6 Å². The van der Waals surface area contributed by atoms with E-state index in [1.165, 1.54) is 3.57 Å². The van der Waals surface area contributed by atoms with Gasteiger partial charge in [0.15, 0.2) is 0 Å². The Balaban J connectivity index is 2.34. The molecular weight excluding hydrogens is 321 g/mol. The number of carbonyl (C=O) groups is 1. The van der Waals surface area contributed by atoms with E-state index in [9.17, 15) is 4.79 Å². The number of benzene rings is 1. The Kier molecular flexibility index (Phi) is 3.25. The molecule has 1 aromatic carbocycles. The Hall–Kier alpha value is -0.230. The van der Waals surface area contributed by atoms with E-state index in [2.05, 4.69) is 41.3 Å². The summed E-state index contributed by atoms with van der Waals surface area (Å²) in [4.78, 5) is 13.5. The maximum atomic E-state index is 11.7. The lowest BCUT2D eigenvalue weighted by Crippen LogP contribution is -2.25. The van der Waals surface area contributed by atoms with E-state index in [-0.39, 0.29) is 11.2 Å². The molecular formula is C11H12INOS. The quantitative estimate of drug-likeness (QED) is 0.619. The number of hydrogen-bond acceptors (Lipinski definition) is 2. The van der Waals surface area contributed by atoms with Crippen molar-refractivity contribution >= 4 is 46.8 Å². The Morgan fingerprint density at radius 1 is 1.53 bits per heavy atom. The molecule has 80 valence electrons. The first-order valence-corrected chi connectivity index (χ1v) is 6.42. The molecule has 0 aliphatic carbocycles. The highest BCUT2D eigenvalue weighted by Crippen LogP contribution is 2.27. The van der Waals surface area contributed by atoms with Gasteiger partial charge in [-0.3, -0.25) is 4.79 Å². The van der Waals surface area contributed by atoms with Gasteiger partial charge in [-0.1, -0.05) is 0 Å². The SMILES string of the molecule is Cc1cc(I)ccc1N1CC(S)CC1=O. The summed E-state index contributed by atoms with van der Waals surface area (Å²) in [6, 6.07) is 6.14. The van der Waals surface area contributed by atoms with Crippen molar-refractivity contribution in [2.75, 3.05) is 11.4 Å². The Morgan fingerprint density at radius 3 is 2.80 bits per heavy atom. The Morgan fingerprint density at radius 2 is 2.27 bits per heavy atom. The van der Waals surface area contributed by atoms with Crippen molar-refractivity contribution in [2.24, 2.45) is 0 Å². The van der Waals surface area contributed by atoms with E-state index in [0.717, 1.165) is 17.8 Å². The number of anilines is 1. The fourth-order valence-corrected chi connectivity index (χ4v) is 2.81. The summed E-state index contributed by atoms with van der Waals surface area (Å²) in [5.41, 5.74) is 2.18. The van der Waals surface area contributed by atoms with Gasteiger partial charge in [0.05, 0.1) is 0 Å². The van der Waals surface area contributed by atoms with Gasteiger partial charge in [-0.25, -0.2) is 0 Å². The van der Waals surface area contributed by atoms with Crippen LogP contribution in [0, 0.1) is 10.5 Å². The van der Waals surface area contributed by atoms with Crippen molar-refractivity contribution in [1.29, 1.82) is 0 Å². The van der Waals surface area contributed by atoms with Crippen molar-refractivity contribution in [3.63, 3.8) is 0 Å². The fraction of sp³-hybridized carbons (Fsp3) is 0.364. The van der Waals surface area contributed by atoms with Gasteiger partial charge in [0, 0.05) is 27.5 Å². The van der Waals surface area contributed by atoms with E-state index < -0.39 is 0 Å². The van der Waals surface area contributed by atoms with Crippen LogP contribution in [0.2, 0.25) is 0 Å². The number of nitrogens with zero attached hydrogens (tertiary/aromatic N) is 1. The summed E-state index contributed by atoms with van der Waals surface area (Å²) in [5.74, 6) is 0.180. The van der Waals surface area contributed by atoms with E-state index in [4.69, 9.17) is 0 Å². The monoisotopic (exact) mass is 333 g/mol. The first-order valence-electron chi connectivity index (χ1n) is 4.82. The third-order valence-corrected chi connectivity index (χ3v) is 3.57. The van der Waals surface area contributed by atoms with E-state index in [1.54, 1.807) is 0 Å². The molecule has 0 bridgehead atoms. The molecule has 15 heavy (non-hydrogen) atoms. The predicted octanol–water partition coefficient (Wildman–Crippen LogP) is 2.63. The van der Waals surface area contributed by atoms with Gasteiger partial charge in [0.2, 0.25) is 5.91 Å². The molecule has 2 rings (SSSR count). The molecule has 1 aliphatic rings. The largest absolute Gasteiger partial charge is 0.311 e. The van der Waals surface area contributed by atoms with Crippen LogP contribution in [0.3, 0.4) is 0 Å². The molecule has 1 heterocycles.